The Morgan fingerprint density at radius 1 is 1.37 bits per heavy atom. The molecule has 1 fully saturated rings. The minimum absolute atomic E-state index is 0.0441. The van der Waals surface area contributed by atoms with E-state index in [1.807, 2.05) is 19.1 Å². The summed E-state index contributed by atoms with van der Waals surface area (Å²) in [5, 5.41) is 2.71. The molecule has 8 nitrogen and oxygen atoms in total. The predicted octanol–water partition coefficient (Wildman–Crippen LogP) is 1.18. The van der Waals surface area contributed by atoms with Crippen LogP contribution in [0, 0.1) is 0 Å². The fourth-order valence-corrected chi connectivity index (χ4v) is 5.40. The number of amides is 2. The van der Waals surface area contributed by atoms with Gasteiger partial charge in [0.25, 0.3) is 0 Å². The van der Waals surface area contributed by atoms with Gasteiger partial charge in [-0.05, 0) is 38.5 Å². The molecule has 1 aromatic carbocycles. The zero-order chi connectivity index (χ0) is 21.9. The first-order valence-corrected chi connectivity index (χ1v) is 11.9. The highest BCUT2D eigenvalue weighted by molar-refractivity contribution is 7.91. The molecule has 0 aliphatic carbocycles. The van der Waals surface area contributed by atoms with Crippen LogP contribution in [0.4, 0.5) is 0 Å². The molecule has 0 radical (unpaired) electrons. The van der Waals surface area contributed by atoms with Crippen molar-refractivity contribution in [1.82, 2.24) is 10.2 Å². The fraction of sp³-hybridized carbons (Fsp3) is 0.524. The number of nitrogens with zero attached hydrogens (tertiary/aromatic N) is 1. The Bertz CT molecular complexity index is 956. The Morgan fingerprint density at radius 3 is 2.77 bits per heavy atom. The highest BCUT2D eigenvalue weighted by atomic mass is 32.2. The van der Waals surface area contributed by atoms with Gasteiger partial charge in [0.05, 0.1) is 25.2 Å². The molecule has 164 valence electrons. The molecular weight excluding hydrogens is 408 g/mol. The van der Waals surface area contributed by atoms with Crippen LogP contribution in [-0.2, 0) is 25.8 Å². The van der Waals surface area contributed by atoms with Crippen LogP contribution in [-0.4, -0.2) is 69.0 Å². The summed E-state index contributed by atoms with van der Waals surface area (Å²) in [6.45, 7) is 4.00. The first kappa shape index (κ1) is 22.1. The van der Waals surface area contributed by atoms with E-state index < -0.39 is 9.84 Å². The van der Waals surface area contributed by atoms with Gasteiger partial charge in [-0.25, -0.2) is 8.42 Å². The van der Waals surface area contributed by atoms with E-state index in [0.717, 1.165) is 23.3 Å². The lowest BCUT2D eigenvalue weighted by molar-refractivity contribution is -0.132. The summed E-state index contributed by atoms with van der Waals surface area (Å²) in [6, 6.07) is 3.39. The number of carbonyl (C=O) groups is 2. The van der Waals surface area contributed by atoms with Crippen molar-refractivity contribution in [1.29, 1.82) is 0 Å². The lowest BCUT2D eigenvalue weighted by Gasteiger charge is -2.20. The van der Waals surface area contributed by atoms with Gasteiger partial charge < -0.3 is 19.7 Å². The number of sulfone groups is 1. The molecule has 2 atom stereocenters. The maximum atomic E-state index is 12.6. The molecule has 0 saturated carbocycles. The van der Waals surface area contributed by atoms with Crippen LogP contribution in [0.25, 0.3) is 6.08 Å². The normalized spacial score (nSPS) is 21.8. The molecule has 2 aliphatic rings. The third kappa shape index (κ3) is 5.33. The third-order valence-electron chi connectivity index (χ3n) is 5.28. The fourth-order valence-electron chi connectivity index (χ4n) is 3.73. The summed E-state index contributed by atoms with van der Waals surface area (Å²) in [4.78, 5) is 26.3. The van der Waals surface area contributed by atoms with Crippen molar-refractivity contribution in [2.45, 2.75) is 38.8 Å². The molecule has 2 heterocycles. The number of fused-ring (bicyclic) bond motifs is 1. The van der Waals surface area contributed by atoms with Gasteiger partial charge in [0.15, 0.2) is 9.84 Å². The first-order chi connectivity index (χ1) is 14.2. The SMILES string of the molecule is CCN(CC(=O)NC1CCS(=O)(=O)C1)C(=O)C=Cc1cc2c(cc1OC)CC(C)O2. The Morgan fingerprint density at radius 2 is 2.13 bits per heavy atom. The highest BCUT2D eigenvalue weighted by Gasteiger charge is 2.29. The van der Waals surface area contributed by atoms with Crippen molar-refractivity contribution < 1.29 is 27.5 Å². The Kier molecular flexibility index (Phi) is 6.70. The number of hydrogen-bond acceptors (Lipinski definition) is 6. The van der Waals surface area contributed by atoms with E-state index in [9.17, 15) is 18.0 Å². The zero-order valence-corrected chi connectivity index (χ0v) is 18.3. The van der Waals surface area contributed by atoms with E-state index in [1.165, 1.54) is 11.0 Å². The summed E-state index contributed by atoms with van der Waals surface area (Å²) < 4.78 is 34.3. The van der Waals surface area contributed by atoms with Crippen molar-refractivity contribution in [2.75, 3.05) is 31.7 Å². The van der Waals surface area contributed by atoms with Gasteiger partial charge in [0, 0.05) is 36.2 Å². The van der Waals surface area contributed by atoms with Gasteiger partial charge in [-0.1, -0.05) is 0 Å². The van der Waals surface area contributed by atoms with Crippen LogP contribution >= 0.6 is 0 Å². The number of nitrogens with one attached hydrogen (secondary N) is 1. The van der Waals surface area contributed by atoms with Crippen LogP contribution in [0.15, 0.2) is 18.2 Å². The monoisotopic (exact) mass is 436 g/mol. The molecule has 0 aromatic heterocycles. The average molecular weight is 437 g/mol. The number of rotatable bonds is 7. The van der Waals surface area contributed by atoms with E-state index in [4.69, 9.17) is 9.47 Å². The predicted molar refractivity (Wildman–Crippen MR) is 113 cm³/mol. The quantitative estimate of drug-likeness (QED) is 0.644. The van der Waals surface area contributed by atoms with Crippen molar-refractivity contribution in [2.24, 2.45) is 0 Å². The first-order valence-electron chi connectivity index (χ1n) is 10.0. The topological polar surface area (TPSA) is 102 Å². The second-order valence-corrected chi connectivity index (χ2v) is 9.92. The van der Waals surface area contributed by atoms with E-state index in [2.05, 4.69) is 5.32 Å². The van der Waals surface area contributed by atoms with Gasteiger partial charge in [-0.2, -0.15) is 0 Å². The molecule has 2 amide bonds. The van der Waals surface area contributed by atoms with Crippen LogP contribution in [0.3, 0.4) is 0 Å². The number of ether oxygens (including phenoxy) is 2. The smallest absolute Gasteiger partial charge is 0.247 e. The van der Waals surface area contributed by atoms with Gasteiger partial charge in [0.1, 0.15) is 17.6 Å². The molecule has 1 N–H and O–H groups in total. The molecule has 0 spiro atoms. The maximum absolute atomic E-state index is 12.6. The van der Waals surface area contributed by atoms with Crippen molar-refractivity contribution in [3.05, 3.63) is 29.3 Å². The third-order valence-corrected chi connectivity index (χ3v) is 7.05. The standard InChI is InChI=1S/C21H28N2O6S/c1-4-23(12-20(24)22-17-7-8-30(26,27)13-17)21(25)6-5-15-10-19-16(9-14(2)29-19)11-18(15)28-3/h5-6,10-11,14,17H,4,7-9,12-13H2,1-3H3,(H,22,24). The Hall–Kier alpha value is -2.55. The summed E-state index contributed by atoms with van der Waals surface area (Å²) in [5.41, 5.74) is 1.79. The number of likely N-dealkylation sites (N-methyl/N-ethyl adjacent to an activating group) is 1. The number of methoxy groups -OCH3 is 1. The summed E-state index contributed by atoms with van der Waals surface area (Å²) in [7, 11) is -1.50. The van der Waals surface area contributed by atoms with Crippen LogP contribution < -0.4 is 14.8 Å². The van der Waals surface area contributed by atoms with Gasteiger partial charge >= 0.3 is 0 Å². The molecule has 9 heteroatoms. The van der Waals surface area contributed by atoms with Crippen LogP contribution in [0.5, 0.6) is 11.5 Å². The highest BCUT2D eigenvalue weighted by Crippen LogP contribution is 2.35. The molecule has 1 saturated heterocycles. The van der Waals surface area contributed by atoms with Crippen molar-refractivity contribution in [3.8, 4) is 11.5 Å². The minimum atomic E-state index is -3.07. The van der Waals surface area contributed by atoms with E-state index in [0.29, 0.717) is 18.7 Å². The summed E-state index contributed by atoms with van der Waals surface area (Å²) >= 11 is 0. The van der Waals surface area contributed by atoms with Gasteiger partial charge in [-0.15, -0.1) is 0 Å². The summed E-state index contributed by atoms with van der Waals surface area (Å²) in [5.74, 6) is 0.800. The molecule has 0 bridgehead atoms. The van der Waals surface area contributed by atoms with Crippen molar-refractivity contribution >= 4 is 27.7 Å². The minimum Gasteiger partial charge on any atom is -0.496 e. The number of benzene rings is 1. The molecule has 1 aromatic rings. The number of hydrogen-bond donors (Lipinski definition) is 1. The van der Waals surface area contributed by atoms with E-state index >= 15 is 0 Å². The van der Waals surface area contributed by atoms with E-state index in [-0.39, 0.29) is 42.0 Å². The van der Waals surface area contributed by atoms with Gasteiger partial charge in [0.2, 0.25) is 11.8 Å². The largest absolute Gasteiger partial charge is 0.496 e. The van der Waals surface area contributed by atoms with Crippen LogP contribution in [0.1, 0.15) is 31.4 Å². The Balaban J connectivity index is 1.63. The average Bonchev–Trinajstić information content (AvgIpc) is 3.22. The van der Waals surface area contributed by atoms with Crippen molar-refractivity contribution in [3.63, 3.8) is 0 Å². The van der Waals surface area contributed by atoms with Gasteiger partial charge in [-0.3, -0.25) is 9.59 Å². The van der Waals surface area contributed by atoms with E-state index in [1.54, 1.807) is 20.1 Å². The molecule has 3 rings (SSSR count). The Labute approximate surface area is 177 Å². The lowest BCUT2D eigenvalue weighted by Crippen LogP contribution is -2.44. The molecule has 2 aliphatic heterocycles. The second kappa shape index (κ2) is 9.07. The molecule has 2 unspecified atom stereocenters. The number of carbonyl (C=O) groups excluding carboxylic acids is 2. The molecular formula is C21H28N2O6S. The van der Waals surface area contributed by atoms with Crippen LogP contribution in [0.2, 0.25) is 0 Å². The summed E-state index contributed by atoms with van der Waals surface area (Å²) in [6.07, 6.45) is 4.38. The molecule has 30 heavy (non-hydrogen) atoms. The lowest BCUT2D eigenvalue weighted by atomic mass is 10.1. The maximum Gasteiger partial charge on any atom is 0.247 e. The second-order valence-electron chi connectivity index (χ2n) is 7.69. The zero-order valence-electron chi connectivity index (χ0n) is 17.5.